The minimum atomic E-state index is -1.03. The van der Waals surface area contributed by atoms with Crippen molar-refractivity contribution >= 4 is 17.6 Å². The van der Waals surface area contributed by atoms with Crippen LogP contribution >= 0.6 is 11.6 Å². The van der Waals surface area contributed by atoms with Crippen LogP contribution in [0, 0.1) is 5.82 Å². The summed E-state index contributed by atoms with van der Waals surface area (Å²) in [6.45, 7) is 0. The maximum atomic E-state index is 13.4. The average Bonchev–Trinajstić information content (AvgIpc) is 2.46. The van der Waals surface area contributed by atoms with Gasteiger partial charge in [0.25, 0.3) is 0 Å². The van der Waals surface area contributed by atoms with Crippen LogP contribution in [0.25, 0.3) is 0 Å². The molecule has 0 aliphatic heterocycles. The van der Waals surface area contributed by atoms with Crippen molar-refractivity contribution in [1.29, 1.82) is 0 Å². The lowest BCUT2D eigenvalue weighted by atomic mass is 9.91. The summed E-state index contributed by atoms with van der Waals surface area (Å²) in [6.07, 6.45) is 0.228. The smallest absolute Gasteiger partial charge is 0.311 e. The molecule has 0 heterocycles. The summed E-state index contributed by atoms with van der Waals surface area (Å²) in [6, 6.07) is 10.8. The fourth-order valence-electron chi connectivity index (χ4n) is 2.16. The third-order valence-electron chi connectivity index (χ3n) is 3.22. The van der Waals surface area contributed by atoms with Crippen LogP contribution in [0.5, 0.6) is 5.75 Å². The molecule has 1 unspecified atom stereocenters. The van der Waals surface area contributed by atoms with E-state index in [-0.39, 0.29) is 6.42 Å². The zero-order valence-corrected chi connectivity index (χ0v) is 12.1. The fourth-order valence-corrected chi connectivity index (χ4v) is 2.29. The van der Waals surface area contributed by atoms with Crippen LogP contribution in [0.15, 0.2) is 42.5 Å². The number of hydrogen-bond donors (Lipinski definition) is 1. The SMILES string of the molecule is COc1ccc(F)cc1C(Cc1ccc(Cl)cc1)C(=O)O. The first-order chi connectivity index (χ1) is 10.0. The van der Waals surface area contributed by atoms with Gasteiger partial charge in [-0.15, -0.1) is 0 Å². The second-order valence-electron chi connectivity index (χ2n) is 4.61. The molecule has 2 rings (SSSR count). The predicted octanol–water partition coefficient (Wildman–Crippen LogP) is 3.90. The molecule has 0 saturated heterocycles. The highest BCUT2D eigenvalue weighted by Crippen LogP contribution is 2.30. The van der Waals surface area contributed by atoms with Crippen LogP contribution in [-0.4, -0.2) is 18.2 Å². The van der Waals surface area contributed by atoms with E-state index in [0.29, 0.717) is 16.3 Å². The number of rotatable bonds is 5. The number of ether oxygens (including phenoxy) is 1. The molecule has 21 heavy (non-hydrogen) atoms. The van der Waals surface area contributed by atoms with Crippen molar-refractivity contribution in [3.8, 4) is 5.75 Å². The molecule has 1 N–H and O–H groups in total. The molecule has 110 valence electrons. The molecule has 0 amide bonds. The molecule has 2 aromatic rings. The Labute approximate surface area is 126 Å². The largest absolute Gasteiger partial charge is 0.496 e. The molecular weight excluding hydrogens is 295 g/mol. The van der Waals surface area contributed by atoms with E-state index in [1.807, 2.05) is 0 Å². The average molecular weight is 309 g/mol. The van der Waals surface area contributed by atoms with E-state index in [2.05, 4.69) is 0 Å². The van der Waals surface area contributed by atoms with Crippen molar-refractivity contribution in [3.63, 3.8) is 0 Å². The van der Waals surface area contributed by atoms with Gasteiger partial charge in [-0.05, 0) is 42.3 Å². The van der Waals surface area contributed by atoms with Gasteiger partial charge in [-0.25, -0.2) is 4.39 Å². The second-order valence-corrected chi connectivity index (χ2v) is 5.04. The monoisotopic (exact) mass is 308 g/mol. The lowest BCUT2D eigenvalue weighted by Gasteiger charge is -2.16. The van der Waals surface area contributed by atoms with Crippen molar-refractivity contribution in [2.24, 2.45) is 0 Å². The number of halogens is 2. The first-order valence-electron chi connectivity index (χ1n) is 6.32. The van der Waals surface area contributed by atoms with Crippen LogP contribution in [0.2, 0.25) is 5.02 Å². The Kier molecular flexibility index (Phi) is 4.81. The van der Waals surface area contributed by atoms with Gasteiger partial charge in [0, 0.05) is 10.6 Å². The summed E-state index contributed by atoms with van der Waals surface area (Å²) < 4.78 is 18.6. The normalized spacial score (nSPS) is 12.0. The minimum Gasteiger partial charge on any atom is -0.496 e. The molecule has 0 aliphatic rings. The van der Waals surface area contributed by atoms with Gasteiger partial charge in [-0.2, -0.15) is 0 Å². The number of aliphatic carboxylic acids is 1. The molecular formula is C16H14ClFO3. The number of carboxylic acids is 1. The van der Waals surface area contributed by atoms with Crippen molar-refractivity contribution < 1.29 is 19.0 Å². The highest BCUT2D eigenvalue weighted by atomic mass is 35.5. The van der Waals surface area contributed by atoms with Crippen molar-refractivity contribution in [2.75, 3.05) is 7.11 Å². The van der Waals surface area contributed by atoms with Crippen LogP contribution in [0.4, 0.5) is 4.39 Å². The first kappa shape index (κ1) is 15.3. The third-order valence-corrected chi connectivity index (χ3v) is 3.47. The van der Waals surface area contributed by atoms with Crippen LogP contribution in [-0.2, 0) is 11.2 Å². The number of carbonyl (C=O) groups is 1. The van der Waals surface area contributed by atoms with E-state index in [1.54, 1.807) is 24.3 Å². The fraction of sp³-hybridized carbons (Fsp3) is 0.188. The summed E-state index contributed by atoms with van der Waals surface area (Å²) in [4.78, 5) is 11.5. The van der Waals surface area contributed by atoms with E-state index in [9.17, 15) is 14.3 Å². The van der Waals surface area contributed by atoms with Crippen LogP contribution in [0.3, 0.4) is 0 Å². The van der Waals surface area contributed by atoms with Gasteiger partial charge in [0.2, 0.25) is 0 Å². The highest BCUT2D eigenvalue weighted by molar-refractivity contribution is 6.30. The third kappa shape index (κ3) is 3.73. The molecule has 0 radical (unpaired) electrons. The number of benzene rings is 2. The molecule has 0 aromatic heterocycles. The summed E-state index contributed by atoms with van der Waals surface area (Å²) >= 11 is 5.81. The number of carboxylic acid groups (broad SMARTS) is 1. The molecule has 5 heteroatoms. The lowest BCUT2D eigenvalue weighted by molar-refractivity contribution is -0.138. The Balaban J connectivity index is 2.37. The Morgan fingerprint density at radius 2 is 1.95 bits per heavy atom. The predicted molar refractivity (Wildman–Crippen MR) is 78.5 cm³/mol. The zero-order valence-electron chi connectivity index (χ0n) is 11.3. The molecule has 1 atom stereocenters. The quantitative estimate of drug-likeness (QED) is 0.911. The van der Waals surface area contributed by atoms with Crippen LogP contribution in [0.1, 0.15) is 17.0 Å². The summed E-state index contributed by atoms with van der Waals surface area (Å²) in [5.74, 6) is -2.06. The topological polar surface area (TPSA) is 46.5 Å². The summed E-state index contributed by atoms with van der Waals surface area (Å²) in [5.41, 5.74) is 1.12. The first-order valence-corrected chi connectivity index (χ1v) is 6.69. The molecule has 2 aromatic carbocycles. The van der Waals surface area contributed by atoms with Gasteiger partial charge in [-0.3, -0.25) is 4.79 Å². The van der Waals surface area contributed by atoms with E-state index in [4.69, 9.17) is 16.3 Å². The van der Waals surface area contributed by atoms with Gasteiger partial charge in [-0.1, -0.05) is 23.7 Å². The lowest BCUT2D eigenvalue weighted by Crippen LogP contribution is -2.15. The molecule has 0 aliphatic carbocycles. The Bertz CT molecular complexity index is 640. The minimum absolute atomic E-state index is 0.228. The van der Waals surface area contributed by atoms with Gasteiger partial charge in [0.15, 0.2) is 0 Å². The van der Waals surface area contributed by atoms with Crippen molar-refractivity contribution in [2.45, 2.75) is 12.3 Å². The van der Waals surface area contributed by atoms with Gasteiger partial charge >= 0.3 is 5.97 Å². The Morgan fingerprint density at radius 1 is 1.29 bits per heavy atom. The molecule has 0 spiro atoms. The van der Waals surface area contributed by atoms with Crippen molar-refractivity contribution in [1.82, 2.24) is 0 Å². The van der Waals surface area contributed by atoms with Gasteiger partial charge in [0.05, 0.1) is 13.0 Å². The van der Waals surface area contributed by atoms with Crippen molar-refractivity contribution in [3.05, 3.63) is 64.4 Å². The van der Waals surface area contributed by atoms with E-state index >= 15 is 0 Å². The van der Waals surface area contributed by atoms with E-state index in [1.165, 1.54) is 25.3 Å². The zero-order chi connectivity index (χ0) is 15.4. The Hall–Kier alpha value is -2.07. The molecule has 0 bridgehead atoms. The maximum absolute atomic E-state index is 13.4. The maximum Gasteiger partial charge on any atom is 0.311 e. The summed E-state index contributed by atoms with van der Waals surface area (Å²) in [7, 11) is 1.43. The number of methoxy groups -OCH3 is 1. The molecule has 3 nitrogen and oxygen atoms in total. The molecule has 0 saturated carbocycles. The highest BCUT2D eigenvalue weighted by Gasteiger charge is 2.24. The molecule has 0 fully saturated rings. The summed E-state index contributed by atoms with van der Waals surface area (Å²) in [5, 5.41) is 10.0. The van der Waals surface area contributed by atoms with Crippen LogP contribution < -0.4 is 4.74 Å². The van der Waals surface area contributed by atoms with E-state index in [0.717, 1.165) is 5.56 Å². The second kappa shape index (κ2) is 6.59. The van der Waals surface area contributed by atoms with Gasteiger partial charge in [0.1, 0.15) is 11.6 Å². The van der Waals surface area contributed by atoms with Gasteiger partial charge < -0.3 is 9.84 Å². The van der Waals surface area contributed by atoms with E-state index < -0.39 is 17.7 Å². The number of hydrogen-bond acceptors (Lipinski definition) is 2. The standard InChI is InChI=1S/C16H14ClFO3/c1-21-15-7-6-12(18)9-13(15)14(16(19)20)8-10-2-4-11(17)5-3-10/h2-7,9,14H,8H2,1H3,(H,19,20). The Morgan fingerprint density at radius 3 is 2.52 bits per heavy atom.